The zero-order chi connectivity index (χ0) is 19.9. The number of nitrogens with one attached hydrogen (secondary N) is 1. The van der Waals surface area contributed by atoms with Gasteiger partial charge in [0.1, 0.15) is 5.82 Å². The van der Waals surface area contributed by atoms with E-state index in [1.807, 2.05) is 25.0 Å². The molecule has 29 heavy (non-hydrogen) atoms. The van der Waals surface area contributed by atoms with Gasteiger partial charge in [0.15, 0.2) is 5.96 Å². The molecule has 0 aliphatic carbocycles. The zero-order valence-corrected chi connectivity index (χ0v) is 18.1. The number of thioether (sulfide) groups is 1. The molecule has 1 aromatic heterocycles. The minimum Gasteiger partial charge on any atom is -0.357 e. The van der Waals surface area contributed by atoms with Crippen LogP contribution in [0.3, 0.4) is 0 Å². The fraction of sp³-hybridized carbons (Fsp3) is 0.478. The number of benzene rings is 1. The summed E-state index contributed by atoms with van der Waals surface area (Å²) >= 11 is 1.96. The van der Waals surface area contributed by atoms with Crippen molar-refractivity contribution < 1.29 is 0 Å². The molecule has 2 aliphatic rings. The molecule has 154 valence electrons. The molecule has 1 N–H and O–H groups in total. The molecular weight excluding hydrogens is 378 g/mol. The summed E-state index contributed by atoms with van der Waals surface area (Å²) in [5.74, 6) is 3.98. The van der Waals surface area contributed by atoms with Gasteiger partial charge in [0.25, 0.3) is 0 Å². The molecule has 0 saturated carbocycles. The van der Waals surface area contributed by atoms with E-state index in [4.69, 9.17) is 0 Å². The first-order valence-electron chi connectivity index (χ1n) is 10.6. The molecule has 4 rings (SSSR count). The fourth-order valence-corrected chi connectivity index (χ4v) is 5.11. The van der Waals surface area contributed by atoms with E-state index in [0.29, 0.717) is 5.92 Å². The van der Waals surface area contributed by atoms with Crippen LogP contribution in [0.1, 0.15) is 24.8 Å². The largest absolute Gasteiger partial charge is 0.357 e. The van der Waals surface area contributed by atoms with E-state index in [2.05, 4.69) is 67.6 Å². The van der Waals surface area contributed by atoms with Gasteiger partial charge in [-0.1, -0.05) is 24.3 Å². The van der Waals surface area contributed by atoms with E-state index >= 15 is 0 Å². The maximum atomic E-state index is 4.66. The molecule has 2 saturated heterocycles. The summed E-state index contributed by atoms with van der Waals surface area (Å²) in [6, 6.07) is 15.0. The van der Waals surface area contributed by atoms with Crippen molar-refractivity contribution in [2.75, 3.05) is 43.9 Å². The second-order valence-electron chi connectivity index (χ2n) is 7.84. The number of hydrogen-bond acceptors (Lipinski definition) is 4. The first kappa shape index (κ1) is 20.1. The predicted molar refractivity (Wildman–Crippen MR) is 123 cm³/mol. The van der Waals surface area contributed by atoms with Crippen LogP contribution in [0.2, 0.25) is 0 Å². The number of pyridine rings is 1. The first-order valence-corrected chi connectivity index (χ1v) is 11.6. The Bertz CT molecular complexity index is 787. The number of aliphatic imine (C=N–C) groups is 1. The third kappa shape index (κ3) is 5.44. The van der Waals surface area contributed by atoms with Crippen molar-refractivity contribution in [3.05, 3.63) is 54.2 Å². The van der Waals surface area contributed by atoms with Crippen LogP contribution in [0.4, 0.5) is 5.82 Å². The van der Waals surface area contributed by atoms with Gasteiger partial charge in [0.2, 0.25) is 0 Å². The van der Waals surface area contributed by atoms with Crippen LogP contribution in [0, 0.1) is 5.92 Å². The van der Waals surface area contributed by atoms with Crippen molar-refractivity contribution in [3.8, 4) is 0 Å². The van der Waals surface area contributed by atoms with Crippen LogP contribution < -0.4 is 10.2 Å². The van der Waals surface area contributed by atoms with E-state index in [-0.39, 0.29) is 0 Å². The van der Waals surface area contributed by atoms with Crippen LogP contribution in [-0.4, -0.2) is 54.8 Å². The highest BCUT2D eigenvalue weighted by molar-refractivity contribution is 7.99. The topological polar surface area (TPSA) is 43.8 Å². The Labute approximate surface area is 178 Å². The number of guanidine groups is 1. The van der Waals surface area contributed by atoms with Gasteiger partial charge in [-0.25, -0.2) is 4.98 Å². The molecule has 0 bridgehead atoms. The van der Waals surface area contributed by atoms with Gasteiger partial charge in [-0.15, -0.1) is 11.8 Å². The normalized spacial score (nSPS) is 19.8. The molecule has 0 spiro atoms. The molecule has 2 aliphatic heterocycles. The molecule has 5 nitrogen and oxygen atoms in total. The summed E-state index contributed by atoms with van der Waals surface area (Å²) < 4.78 is 0. The standard InChI is InChI=1S/C23H31N5S/c1-24-23(26-16-19-9-10-22(25-15-19)27-12-5-6-13-27)28-14-11-20(17-28)18-29-21-7-3-2-4-8-21/h2-4,7-10,15,20H,5-6,11-14,16-18H2,1H3,(H,24,26). The van der Waals surface area contributed by atoms with Crippen molar-refractivity contribution in [1.82, 2.24) is 15.2 Å². The van der Waals surface area contributed by atoms with Crippen molar-refractivity contribution in [3.63, 3.8) is 0 Å². The van der Waals surface area contributed by atoms with E-state index in [9.17, 15) is 0 Å². The minimum atomic E-state index is 0.708. The molecule has 0 radical (unpaired) electrons. The summed E-state index contributed by atoms with van der Waals surface area (Å²) in [6.45, 7) is 5.18. The lowest BCUT2D eigenvalue weighted by molar-refractivity contribution is 0.474. The highest BCUT2D eigenvalue weighted by Gasteiger charge is 2.24. The second kappa shape index (κ2) is 10.0. The monoisotopic (exact) mass is 409 g/mol. The fourth-order valence-electron chi connectivity index (χ4n) is 4.06. The maximum absolute atomic E-state index is 4.66. The number of hydrogen-bond donors (Lipinski definition) is 1. The summed E-state index contributed by atoms with van der Waals surface area (Å²) in [5.41, 5.74) is 1.20. The minimum absolute atomic E-state index is 0.708. The summed E-state index contributed by atoms with van der Waals surface area (Å²) in [7, 11) is 1.88. The zero-order valence-electron chi connectivity index (χ0n) is 17.3. The number of nitrogens with zero attached hydrogens (tertiary/aromatic N) is 4. The molecule has 2 fully saturated rings. The molecule has 2 aromatic rings. The summed E-state index contributed by atoms with van der Waals surface area (Å²) in [6.07, 6.45) is 5.79. The Morgan fingerprint density at radius 1 is 1.14 bits per heavy atom. The maximum Gasteiger partial charge on any atom is 0.193 e. The number of anilines is 1. The molecule has 1 aromatic carbocycles. The average molecular weight is 410 g/mol. The Morgan fingerprint density at radius 3 is 2.69 bits per heavy atom. The summed E-state index contributed by atoms with van der Waals surface area (Å²) in [5, 5.41) is 3.53. The van der Waals surface area contributed by atoms with E-state index in [1.54, 1.807) is 0 Å². The smallest absolute Gasteiger partial charge is 0.193 e. The lowest BCUT2D eigenvalue weighted by atomic mass is 10.2. The van der Waals surface area contributed by atoms with Gasteiger partial charge in [-0.05, 0) is 48.9 Å². The lowest BCUT2D eigenvalue weighted by Gasteiger charge is -2.22. The van der Waals surface area contributed by atoms with Crippen LogP contribution in [-0.2, 0) is 6.54 Å². The lowest BCUT2D eigenvalue weighted by Crippen LogP contribution is -2.39. The van der Waals surface area contributed by atoms with Gasteiger partial charge in [0, 0.05) is 56.6 Å². The Morgan fingerprint density at radius 2 is 1.97 bits per heavy atom. The molecular formula is C23H31N5S. The summed E-state index contributed by atoms with van der Waals surface area (Å²) in [4.78, 5) is 15.3. The third-order valence-corrected chi connectivity index (χ3v) is 6.96. The van der Waals surface area contributed by atoms with Gasteiger partial charge in [-0.2, -0.15) is 0 Å². The predicted octanol–water partition coefficient (Wildman–Crippen LogP) is 3.87. The second-order valence-corrected chi connectivity index (χ2v) is 8.94. The SMILES string of the molecule is CN=C(NCc1ccc(N2CCCC2)nc1)N1CCC(CSc2ccccc2)C1. The van der Waals surface area contributed by atoms with Gasteiger partial charge >= 0.3 is 0 Å². The van der Waals surface area contributed by atoms with Gasteiger partial charge in [0.05, 0.1) is 0 Å². The van der Waals surface area contributed by atoms with Crippen molar-refractivity contribution in [1.29, 1.82) is 0 Å². The average Bonchev–Trinajstić information content (AvgIpc) is 3.47. The molecule has 0 amide bonds. The van der Waals surface area contributed by atoms with E-state index < -0.39 is 0 Å². The third-order valence-electron chi connectivity index (χ3n) is 5.72. The quantitative estimate of drug-likeness (QED) is 0.446. The molecule has 1 atom stereocenters. The molecule has 3 heterocycles. The molecule has 6 heteroatoms. The first-order chi connectivity index (χ1) is 14.3. The van der Waals surface area contributed by atoms with E-state index in [0.717, 1.165) is 44.5 Å². The van der Waals surface area contributed by atoms with E-state index in [1.165, 1.54) is 35.5 Å². The van der Waals surface area contributed by atoms with Gasteiger partial charge < -0.3 is 15.1 Å². The van der Waals surface area contributed by atoms with Crippen LogP contribution >= 0.6 is 11.8 Å². The highest BCUT2D eigenvalue weighted by Crippen LogP contribution is 2.26. The Kier molecular flexibility index (Phi) is 6.93. The van der Waals surface area contributed by atoms with Crippen molar-refractivity contribution >= 4 is 23.5 Å². The van der Waals surface area contributed by atoms with Crippen LogP contribution in [0.25, 0.3) is 0 Å². The van der Waals surface area contributed by atoms with Crippen LogP contribution in [0.15, 0.2) is 58.5 Å². The highest BCUT2D eigenvalue weighted by atomic mass is 32.2. The van der Waals surface area contributed by atoms with Crippen molar-refractivity contribution in [2.24, 2.45) is 10.9 Å². The molecule has 1 unspecified atom stereocenters. The van der Waals surface area contributed by atoms with Crippen molar-refractivity contribution in [2.45, 2.75) is 30.7 Å². The van der Waals surface area contributed by atoms with Crippen LogP contribution in [0.5, 0.6) is 0 Å². The Balaban J connectivity index is 1.24. The Hall–Kier alpha value is -2.21. The number of aromatic nitrogens is 1. The van der Waals surface area contributed by atoms with Gasteiger partial charge in [-0.3, -0.25) is 4.99 Å². The number of likely N-dealkylation sites (tertiary alicyclic amines) is 1. The number of rotatable bonds is 6.